The van der Waals surface area contributed by atoms with Crippen LogP contribution in [-0.2, 0) is 4.79 Å². The van der Waals surface area contributed by atoms with E-state index in [1.807, 2.05) is 0 Å². The lowest BCUT2D eigenvalue weighted by molar-refractivity contribution is -0.119. The zero-order valence-electron chi connectivity index (χ0n) is 4.96. The molecule has 0 aliphatic heterocycles. The van der Waals surface area contributed by atoms with Crippen LogP contribution in [0.4, 0.5) is 0 Å². The Morgan fingerprint density at radius 2 is 2.12 bits per heavy atom. The van der Waals surface area contributed by atoms with E-state index in [4.69, 9.17) is 5.73 Å². The van der Waals surface area contributed by atoms with E-state index < -0.39 is 11.3 Å². The maximum atomic E-state index is 10.2. The summed E-state index contributed by atoms with van der Waals surface area (Å²) in [6.45, 7) is 0. The molecule has 0 heterocycles. The molecule has 8 heavy (non-hydrogen) atoms. The third kappa shape index (κ3) is 2.18. The van der Waals surface area contributed by atoms with Gasteiger partial charge in [0.1, 0.15) is 5.37 Å². The molecule has 0 bridgehead atoms. The summed E-state index contributed by atoms with van der Waals surface area (Å²) in [5.74, 6) is -0.418. The van der Waals surface area contributed by atoms with Crippen molar-refractivity contribution in [2.75, 3.05) is 14.1 Å². The van der Waals surface area contributed by atoms with Gasteiger partial charge in [0.15, 0.2) is 0 Å². The number of nitrogens with two attached hydrogens (primary N) is 1. The van der Waals surface area contributed by atoms with Crippen LogP contribution >= 0.6 is 12.6 Å². The van der Waals surface area contributed by atoms with Crippen molar-refractivity contribution in [1.82, 2.24) is 4.90 Å². The molecule has 0 fully saturated rings. The summed E-state index contributed by atoms with van der Waals surface area (Å²) < 4.78 is 0. The summed E-state index contributed by atoms with van der Waals surface area (Å²) in [7, 11) is 3.48. The zero-order chi connectivity index (χ0) is 6.73. The molecule has 1 unspecified atom stereocenters. The number of thiol groups is 1. The van der Waals surface area contributed by atoms with Crippen molar-refractivity contribution in [2.24, 2.45) is 5.73 Å². The second-order valence-corrected chi connectivity index (χ2v) is 2.23. The summed E-state index contributed by atoms with van der Waals surface area (Å²) >= 11 is 3.87. The topological polar surface area (TPSA) is 46.3 Å². The first-order chi connectivity index (χ1) is 3.55. The highest BCUT2D eigenvalue weighted by atomic mass is 32.1. The molecule has 0 aromatic rings. The first-order valence-corrected chi connectivity index (χ1v) is 2.71. The summed E-state index contributed by atoms with van der Waals surface area (Å²) in [5, 5.41) is -0.463. The fourth-order valence-corrected chi connectivity index (χ4v) is 0.254. The van der Waals surface area contributed by atoms with Crippen LogP contribution in [0.2, 0.25) is 0 Å². The van der Waals surface area contributed by atoms with Crippen molar-refractivity contribution < 1.29 is 4.79 Å². The Morgan fingerprint density at radius 3 is 2.12 bits per heavy atom. The van der Waals surface area contributed by atoms with Crippen molar-refractivity contribution in [3.05, 3.63) is 0 Å². The Kier molecular flexibility index (Phi) is 2.86. The molecule has 0 aliphatic rings. The molecule has 2 N–H and O–H groups in total. The normalized spacial score (nSPS) is 14.0. The third-order valence-corrected chi connectivity index (χ3v) is 1.46. The number of amides is 1. The predicted molar refractivity (Wildman–Crippen MR) is 35.7 cm³/mol. The summed E-state index contributed by atoms with van der Waals surface area (Å²) in [4.78, 5) is 11.9. The molecule has 1 atom stereocenters. The zero-order valence-corrected chi connectivity index (χ0v) is 5.85. The highest BCUT2D eigenvalue weighted by Gasteiger charge is 2.09. The van der Waals surface area contributed by atoms with E-state index in [9.17, 15) is 4.79 Å². The minimum absolute atomic E-state index is 0.418. The van der Waals surface area contributed by atoms with Crippen LogP contribution in [0.15, 0.2) is 0 Å². The molecular weight excluding hydrogens is 124 g/mol. The molecule has 1 amide bonds. The number of carbonyl (C=O) groups excluding carboxylic acids is 1. The Bertz CT molecular complexity index is 94.0. The summed E-state index contributed by atoms with van der Waals surface area (Å²) in [6.07, 6.45) is 0. The van der Waals surface area contributed by atoms with Gasteiger partial charge in [-0.1, -0.05) is 0 Å². The number of hydrogen-bond acceptors (Lipinski definition) is 3. The smallest absolute Gasteiger partial charge is 0.244 e. The Hall–Kier alpha value is -0.220. The van der Waals surface area contributed by atoms with Crippen LogP contribution in [0, 0.1) is 0 Å². The third-order valence-electron chi connectivity index (χ3n) is 0.744. The van der Waals surface area contributed by atoms with Gasteiger partial charge in [-0.2, -0.15) is 12.6 Å². The van der Waals surface area contributed by atoms with E-state index in [1.165, 1.54) is 0 Å². The number of nitrogens with zero attached hydrogens (tertiary/aromatic N) is 1. The average molecular weight is 134 g/mol. The second kappa shape index (κ2) is 2.94. The van der Waals surface area contributed by atoms with E-state index in [-0.39, 0.29) is 0 Å². The van der Waals surface area contributed by atoms with Crippen molar-refractivity contribution in [3.63, 3.8) is 0 Å². The standard InChI is InChI=1S/C4H10N2OS/c1-6(2)4(8)3(5)7/h4,8H,1-2H3,(H2,5,7). The largest absolute Gasteiger partial charge is 0.368 e. The molecule has 4 heteroatoms. The molecule has 0 saturated heterocycles. The fourth-order valence-electron chi connectivity index (χ4n) is 0.254. The lowest BCUT2D eigenvalue weighted by atomic mass is 10.6. The van der Waals surface area contributed by atoms with E-state index in [2.05, 4.69) is 12.6 Å². The van der Waals surface area contributed by atoms with Gasteiger partial charge in [0.2, 0.25) is 5.91 Å². The molecule has 3 nitrogen and oxygen atoms in total. The van der Waals surface area contributed by atoms with Crippen LogP contribution in [0.3, 0.4) is 0 Å². The number of carbonyl (C=O) groups is 1. The Labute approximate surface area is 54.3 Å². The quantitative estimate of drug-likeness (QED) is 0.387. The first-order valence-electron chi connectivity index (χ1n) is 2.19. The van der Waals surface area contributed by atoms with E-state index in [1.54, 1.807) is 19.0 Å². The Morgan fingerprint density at radius 1 is 1.75 bits per heavy atom. The van der Waals surface area contributed by atoms with Gasteiger partial charge >= 0.3 is 0 Å². The van der Waals surface area contributed by atoms with E-state index >= 15 is 0 Å². The number of primary amides is 1. The number of hydrogen-bond donors (Lipinski definition) is 2. The molecule has 48 valence electrons. The maximum absolute atomic E-state index is 10.2. The average Bonchev–Trinajstić information content (AvgIpc) is 1.64. The number of likely N-dealkylation sites (N-methyl/N-ethyl adjacent to an activating group) is 1. The lowest BCUT2D eigenvalue weighted by Crippen LogP contribution is -2.35. The monoisotopic (exact) mass is 134 g/mol. The van der Waals surface area contributed by atoms with E-state index in [0.29, 0.717) is 0 Å². The maximum Gasteiger partial charge on any atom is 0.244 e. The van der Waals surface area contributed by atoms with Crippen LogP contribution in [-0.4, -0.2) is 30.3 Å². The van der Waals surface area contributed by atoms with Gasteiger partial charge in [0, 0.05) is 0 Å². The first kappa shape index (κ1) is 7.78. The molecular formula is C4H10N2OS. The van der Waals surface area contributed by atoms with Gasteiger partial charge in [-0.25, -0.2) is 0 Å². The lowest BCUT2D eigenvalue weighted by Gasteiger charge is -2.13. The fraction of sp³-hybridized carbons (Fsp3) is 0.750. The summed E-state index contributed by atoms with van der Waals surface area (Å²) in [6, 6.07) is 0. The van der Waals surface area contributed by atoms with Crippen LogP contribution in [0.25, 0.3) is 0 Å². The van der Waals surface area contributed by atoms with Crippen LogP contribution in [0.1, 0.15) is 0 Å². The van der Waals surface area contributed by atoms with Crippen molar-refractivity contribution in [3.8, 4) is 0 Å². The summed E-state index contributed by atoms with van der Waals surface area (Å²) in [5.41, 5.74) is 4.88. The van der Waals surface area contributed by atoms with Gasteiger partial charge in [-0.3, -0.25) is 9.69 Å². The molecule has 0 aliphatic carbocycles. The molecule has 0 spiro atoms. The van der Waals surface area contributed by atoms with E-state index in [0.717, 1.165) is 0 Å². The van der Waals surface area contributed by atoms with Gasteiger partial charge in [0.25, 0.3) is 0 Å². The molecule has 0 saturated carbocycles. The highest BCUT2D eigenvalue weighted by Crippen LogP contribution is 1.94. The SMILES string of the molecule is CN(C)C(S)C(N)=O. The van der Waals surface area contributed by atoms with Crippen LogP contribution in [0.5, 0.6) is 0 Å². The van der Waals surface area contributed by atoms with Crippen LogP contribution < -0.4 is 5.73 Å². The van der Waals surface area contributed by atoms with Gasteiger partial charge in [0.05, 0.1) is 0 Å². The molecule has 0 aromatic carbocycles. The predicted octanol–water partition coefficient (Wildman–Crippen LogP) is -0.711. The van der Waals surface area contributed by atoms with Crippen molar-refractivity contribution >= 4 is 18.5 Å². The molecule has 0 rings (SSSR count). The molecule has 0 radical (unpaired) electrons. The minimum Gasteiger partial charge on any atom is -0.368 e. The Balaban J connectivity index is 3.64. The minimum atomic E-state index is -0.463. The van der Waals surface area contributed by atoms with Gasteiger partial charge in [-0.15, -0.1) is 0 Å². The van der Waals surface area contributed by atoms with Gasteiger partial charge < -0.3 is 5.73 Å². The molecule has 0 aromatic heterocycles. The highest BCUT2D eigenvalue weighted by molar-refractivity contribution is 7.81. The number of rotatable bonds is 2. The van der Waals surface area contributed by atoms with Crippen molar-refractivity contribution in [2.45, 2.75) is 5.37 Å². The second-order valence-electron chi connectivity index (χ2n) is 1.74. The van der Waals surface area contributed by atoms with Gasteiger partial charge in [-0.05, 0) is 14.1 Å². The van der Waals surface area contributed by atoms with Crippen molar-refractivity contribution in [1.29, 1.82) is 0 Å².